The Bertz CT molecular complexity index is 432. The summed E-state index contributed by atoms with van der Waals surface area (Å²) in [5.41, 5.74) is 7.26. The number of nitrogens with two attached hydrogens (primary N) is 1. The zero-order valence-corrected chi connectivity index (χ0v) is 10.7. The number of amides is 1. The van der Waals surface area contributed by atoms with Gasteiger partial charge in [-0.3, -0.25) is 4.79 Å². The van der Waals surface area contributed by atoms with Crippen molar-refractivity contribution in [3.8, 4) is 0 Å². The smallest absolute Gasteiger partial charge is 0.240 e. The molecule has 0 spiro atoms. The Morgan fingerprint density at radius 2 is 2.17 bits per heavy atom. The first-order valence-corrected chi connectivity index (χ1v) is 6.44. The van der Waals surface area contributed by atoms with Gasteiger partial charge in [0.15, 0.2) is 0 Å². The number of piperidine rings is 1. The highest BCUT2D eigenvalue weighted by Crippen LogP contribution is 2.31. The van der Waals surface area contributed by atoms with Crippen LogP contribution in [0.25, 0.3) is 0 Å². The monoisotopic (exact) mass is 248 g/mol. The highest BCUT2D eigenvalue weighted by Gasteiger charge is 2.28. The molecule has 4 nitrogen and oxygen atoms in total. The van der Waals surface area contributed by atoms with E-state index in [1.54, 1.807) is 6.92 Å². The molecule has 18 heavy (non-hydrogen) atoms. The van der Waals surface area contributed by atoms with Gasteiger partial charge in [0, 0.05) is 17.8 Å². The Labute approximate surface area is 107 Å². The van der Waals surface area contributed by atoms with Gasteiger partial charge in [0.25, 0.3) is 0 Å². The molecule has 3 N–H and O–H groups in total. The lowest BCUT2D eigenvalue weighted by molar-refractivity contribution is -0.119. The lowest BCUT2D eigenvalue weighted by atomic mass is 9.98. The van der Waals surface area contributed by atoms with Gasteiger partial charge in [-0.25, -0.2) is 0 Å². The average Bonchev–Trinajstić information content (AvgIpc) is 2.38. The van der Waals surface area contributed by atoms with E-state index in [1.807, 2.05) is 29.2 Å². The quantitative estimate of drug-likeness (QED) is 0.853. The lowest BCUT2D eigenvalue weighted by Gasteiger charge is -2.37. The summed E-state index contributed by atoms with van der Waals surface area (Å²) in [4.78, 5) is 13.6. The van der Waals surface area contributed by atoms with Gasteiger partial charge in [-0.2, -0.15) is 0 Å². The third-order valence-electron chi connectivity index (χ3n) is 3.53. The summed E-state index contributed by atoms with van der Waals surface area (Å²) >= 11 is 0. The molecule has 1 fully saturated rings. The lowest BCUT2D eigenvalue weighted by Crippen LogP contribution is -2.48. The molecule has 2 rings (SSSR count). The number of aliphatic hydroxyl groups is 1. The van der Waals surface area contributed by atoms with Crippen LogP contribution in [0, 0.1) is 0 Å². The Balaban J connectivity index is 2.36. The number of hydrogen-bond acceptors (Lipinski definition) is 3. The van der Waals surface area contributed by atoms with Gasteiger partial charge in [-0.15, -0.1) is 0 Å². The summed E-state index contributed by atoms with van der Waals surface area (Å²) in [5.74, 6) is -0.282. The van der Waals surface area contributed by atoms with Crippen LogP contribution in [0.1, 0.15) is 37.9 Å². The molecule has 0 radical (unpaired) electrons. The minimum Gasteiger partial charge on any atom is -0.389 e. The molecule has 1 aromatic rings. The first kappa shape index (κ1) is 12.9. The van der Waals surface area contributed by atoms with E-state index in [2.05, 4.69) is 0 Å². The van der Waals surface area contributed by atoms with Crippen LogP contribution in [0.15, 0.2) is 24.3 Å². The number of nitrogens with zero attached hydrogens (tertiary/aromatic N) is 1. The SMILES string of the molecule is C[C@@H](O)c1ccccc1N1CCCCC1C(N)=O. The maximum Gasteiger partial charge on any atom is 0.240 e. The van der Waals surface area contributed by atoms with Gasteiger partial charge in [0.05, 0.1) is 6.10 Å². The van der Waals surface area contributed by atoms with Crippen LogP contribution < -0.4 is 10.6 Å². The minimum atomic E-state index is -0.545. The predicted molar refractivity (Wildman–Crippen MR) is 71.3 cm³/mol. The molecule has 1 aliphatic rings. The fourth-order valence-electron chi connectivity index (χ4n) is 2.62. The number of benzene rings is 1. The van der Waals surface area contributed by atoms with E-state index in [0.29, 0.717) is 0 Å². The summed E-state index contributed by atoms with van der Waals surface area (Å²) in [6.07, 6.45) is 2.33. The van der Waals surface area contributed by atoms with Crippen molar-refractivity contribution in [2.24, 2.45) is 5.73 Å². The van der Waals surface area contributed by atoms with Crippen LogP contribution in [0.2, 0.25) is 0 Å². The number of carbonyl (C=O) groups excluding carboxylic acids is 1. The second-order valence-corrected chi connectivity index (χ2v) is 4.84. The second kappa shape index (κ2) is 5.40. The summed E-state index contributed by atoms with van der Waals surface area (Å²) in [5, 5.41) is 9.82. The number of carbonyl (C=O) groups is 1. The van der Waals surface area contributed by atoms with Gasteiger partial charge in [0.1, 0.15) is 6.04 Å². The van der Waals surface area contributed by atoms with Gasteiger partial charge >= 0.3 is 0 Å². The number of hydrogen-bond donors (Lipinski definition) is 2. The number of primary amides is 1. The summed E-state index contributed by atoms with van der Waals surface area (Å²) in [7, 11) is 0. The van der Waals surface area contributed by atoms with E-state index in [1.165, 1.54) is 0 Å². The van der Waals surface area contributed by atoms with E-state index >= 15 is 0 Å². The maximum atomic E-state index is 11.5. The number of aliphatic hydroxyl groups excluding tert-OH is 1. The maximum absolute atomic E-state index is 11.5. The topological polar surface area (TPSA) is 66.6 Å². The van der Waals surface area contributed by atoms with Crippen LogP contribution in [-0.4, -0.2) is 23.6 Å². The van der Waals surface area contributed by atoms with E-state index in [0.717, 1.165) is 37.1 Å². The molecule has 1 amide bonds. The molecular formula is C14H20N2O2. The third kappa shape index (κ3) is 2.48. The molecule has 98 valence electrons. The van der Waals surface area contributed by atoms with E-state index < -0.39 is 6.10 Å². The number of anilines is 1. The number of para-hydroxylation sites is 1. The minimum absolute atomic E-state index is 0.251. The van der Waals surface area contributed by atoms with Gasteiger partial charge in [-0.05, 0) is 32.3 Å². The molecule has 1 aliphatic heterocycles. The fraction of sp³-hybridized carbons (Fsp3) is 0.500. The van der Waals surface area contributed by atoms with Crippen LogP contribution in [0.3, 0.4) is 0 Å². The van der Waals surface area contributed by atoms with Gasteiger partial charge in [-0.1, -0.05) is 18.2 Å². The predicted octanol–water partition coefficient (Wildman–Crippen LogP) is 1.58. The van der Waals surface area contributed by atoms with Crippen molar-refractivity contribution in [2.45, 2.75) is 38.3 Å². The highest BCUT2D eigenvalue weighted by atomic mass is 16.3. The van der Waals surface area contributed by atoms with E-state index in [-0.39, 0.29) is 11.9 Å². The second-order valence-electron chi connectivity index (χ2n) is 4.84. The van der Waals surface area contributed by atoms with Crippen molar-refractivity contribution in [1.29, 1.82) is 0 Å². The third-order valence-corrected chi connectivity index (χ3v) is 3.53. The summed E-state index contributed by atoms with van der Waals surface area (Å²) < 4.78 is 0. The molecule has 0 aliphatic carbocycles. The average molecular weight is 248 g/mol. The summed E-state index contributed by atoms with van der Waals surface area (Å²) in [6.45, 7) is 2.55. The molecule has 0 bridgehead atoms. The fourth-order valence-corrected chi connectivity index (χ4v) is 2.62. The van der Waals surface area contributed by atoms with Gasteiger partial charge in [0.2, 0.25) is 5.91 Å². The zero-order chi connectivity index (χ0) is 13.1. The van der Waals surface area contributed by atoms with Crippen molar-refractivity contribution >= 4 is 11.6 Å². The van der Waals surface area contributed by atoms with Gasteiger partial charge < -0.3 is 15.7 Å². The Morgan fingerprint density at radius 3 is 2.83 bits per heavy atom. The van der Waals surface area contributed by atoms with Crippen LogP contribution >= 0.6 is 0 Å². The standard InChI is InChI=1S/C14H20N2O2/c1-10(17)11-6-2-3-7-12(11)16-9-5-4-8-13(16)14(15)18/h2-3,6-7,10,13,17H,4-5,8-9H2,1H3,(H2,15,18)/t10-,13?/m1/s1. The molecule has 1 saturated heterocycles. The van der Waals surface area contributed by atoms with Crippen molar-refractivity contribution < 1.29 is 9.90 Å². The first-order chi connectivity index (χ1) is 8.61. The molecule has 1 aromatic carbocycles. The number of rotatable bonds is 3. The normalized spacial score (nSPS) is 21.7. The molecule has 2 atom stereocenters. The van der Waals surface area contributed by atoms with Crippen LogP contribution in [0.5, 0.6) is 0 Å². The molecule has 4 heteroatoms. The van der Waals surface area contributed by atoms with Crippen LogP contribution in [0.4, 0.5) is 5.69 Å². The Morgan fingerprint density at radius 1 is 1.44 bits per heavy atom. The molecular weight excluding hydrogens is 228 g/mol. The van der Waals surface area contributed by atoms with Crippen molar-refractivity contribution in [1.82, 2.24) is 0 Å². The van der Waals surface area contributed by atoms with Crippen LogP contribution in [-0.2, 0) is 4.79 Å². The molecule has 0 saturated carbocycles. The van der Waals surface area contributed by atoms with E-state index in [9.17, 15) is 9.90 Å². The van der Waals surface area contributed by atoms with Crippen molar-refractivity contribution in [2.75, 3.05) is 11.4 Å². The van der Waals surface area contributed by atoms with Crippen molar-refractivity contribution in [3.05, 3.63) is 29.8 Å². The highest BCUT2D eigenvalue weighted by molar-refractivity contribution is 5.84. The van der Waals surface area contributed by atoms with E-state index in [4.69, 9.17) is 5.73 Å². The summed E-state index contributed by atoms with van der Waals surface area (Å²) in [6, 6.07) is 7.41. The Hall–Kier alpha value is -1.55. The molecule has 1 unspecified atom stereocenters. The van der Waals surface area contributed by atoms with Crippen molar-refractivity contribution in [3.63, 3.8) is 0 Å². The Kier molecular flexibility index (Phi) is 3.87. The largest absolute Gasteiger partial charge is 0.389 e. The zero-order valence-electron chi connectivity index (χ0n) is 10.7. The molecule has 1 heterocycles. The first-order valence-electron chi connectivity index (χ1n) is 6.44. The molecule has 0 aromatic heterocycles.